The van der Waals surface area contributed by atoms with Gasteiger partial charge in [0.1, 0.15) is 5.82 Å². The lowest BCUT2D eigenvalue weighted by atomic mass is 10.0. The SMILES string of the molecule is CN(Cc1ccccc1)C(=O)NC1CCSc2ccc(F)cc21. The molecule has 0 fully saturated rings. The van der Waals surface area contributed by atoms with Gasteiger partial charge in [0.25, 0.3) is 0 Å². The molecule has 0 saturated carbocycles. The van der Waals surface area contributed by atoms with E-state index < -0.39 is 0 Å². The molecule has 3 nitrogen and oxygen atoms in total. The molecule has 0 spiro atoms. The molecule has 0 aliphatic carbocycles. The normalized spacial score (nSPS) is 16.5. The maximum atomic E-state index is 13.5. The summed E-state index contributed by atoms with van der Waals surface area (Å²) in [5.41, 5.74) is 1.96. The number of urea groups is 1. The minimum atomic E-state index is -0.261. The van der Waals surface area contributed by atoms with Gasteiger partial charge in [0.2, 0.25) is 0 Å². The first kappa shape index (κ1) is 15.9. The van der Waals surface area contributed by atoms with E-state index in [1.165, 1.54) is 12.1 Å². The molecule has 2 aromatic carbocycles. The Morgan fingerprint density at radius 3 is 2.87 bits per heavy atom. The second-order valence-corrected chi connectivity index (χ2v) is 6.80. The van der Waals surface area contributed by atoms with Gasteiger partial charge in [0.05, 0.1) is 6.04 Å². The number of nitrogens with zero attached hydrogens (tertiary/aromatic N) is 1. The zero-order chi connectivity index (χ0) is 16.2. The number of rotatable bonds is 3. The Hall–Kier alpha value is -2.01. The van der Waals surface area contributed by atoms with Crippen molar-refractivity contribution in [3.63, 3.8) is 0 Å². The largest absolute Gasteiger partial charge is 0.331 e. The topological polar surface area (TPSA) is 32.3 Å². The van der Waals surface area contributed by atoms with Crippen molar-refractivity contribution in [2.24, 2.45) is 0 Å². The summed E-state index contributed by atoms with van der Waals surface area (Å²) in [5, 5.41) is 3.03. The fourth-order valence-corrected chi connectivity index (χ4v) is 3.81. The van der Waals surface area contributed by atoms with Crippen LogP contribution in [0, 0.1) is 5.82 Å². The van der Waals surface area contributed by atoms with Crippen molar-refractivity contribution in [3.8, 4) is 0 Å². The fraction of sp³-hybridized carbons (Fsp3) is 0.278. The molecule has 1 heterocycles. The molecule has 1 aliphatic rings. The van der Waals surface area contributed by atoms with Crippen molar-refractivity contribution in [2.45, 2.75) is 23.9 Å². The van der Waals surface area contributed by atoms with Gasteiger partial charge in [-0.25, -0.2) is 9.18 Å². The molecule has 3 rings (SSSR count). The average Bonchev–Trinajstić information content (AvgIpc) is 2.56. The second kappa shape index (κ2) is 7.04. The number of hydrogen-bond donors (Lipinski definition) is 1. The van der Waals surface area contributed by atoms with Gasteiger partial charge in [-0.1, -0.05) is 30.3 Å². The highest BCUT2D eigenvalue weighted by Crippen LogP contribution is 2.36. The molecule has 23 heavy (non-hydrogen) atoms. The molecule has 120 valence electrons. The lowest BCUT2D eigenvalue weighted by Gasteiger charge is -2.28. The molecule has 0 radical (unpaired) electrons. The molecule has 5 heteroatoms. The minimum Gasteiger partial charge on any atom is -0.331 e. The van der Waals surface area contributed by atoms with Crippen LogP contribution in [-0.4, -0.2) is 23.7 Å². The Balaban J connectivity index is 1.68. The van der Waals surface area contributed by atoms with Crippen LogP contribution in [0.2, 0.25) is 0 Å². The van der Waals surface area contributed by atoms with Crippen molar-refractivity contribution in [2.75, 3.05) is 12.8 Å². The van der Waals surface area contributed by atoms with Crippen molar-refractivity contribution in [1.82, 2.24) is 10.2 Å². The van der Waals surface area contributed by atoms with Crippen LogP contribution in [-0.2, 0) is 6.54 Å². The Bertz CT molecular complexity index is 693. The van der Waals surface area contributed by atoms with Crippen molar-refractivity contribution in [1.29, 1.82) is 0 Å². The number of amides is 2. The number of benzene rings is 2. The van der Waals surface area contributed by atoms with Crippen LogP contribution in [0.3, 0.4) is 0 Å². The molecule has 0 bridgehead atoms. The Labute approximate surface area is 139 Å². The number of halogens is 1. The van der Waals surface area contributed by atoms with Crippen LogP contribution >= 0.6 is 11.8 Å². The van der Waals surface area contributed by atoms with Gasteiger partial charge in [-0.3, -0.25) is 0 Å². The van der Waals surface area contributed by atoms with Crippen LogP contribution in [0.5, 0.6) is 0 Å². The molecule has 0 saturated heterocycles. The third-order valence-corrected chi connectivity index (χ3v) is 5.04. The minimum absolute atomic E-state index is 0.132. The Morgan fingerprint density at radius 2 is 2.09 bits per heavy atom. The van der Waals surface area contributed by atoms with E-state index in [0.29, 0.717) is 6.54 Å². The summed E-state index contributed by atoms with van der Waals surface area (Å²) in [5.74, 6) is 0.662. The van der Waals surface area contributed by atoms with E-state index in [-0.39, 0.29) is 17.9 Å². The lowest BCUT2D eigenvalue weighted by Crippen LogP contribution is -2.39. The predicted octanol–water partition coefficient (Wildman–Crippen LogP) is 4.20. The first-order chi connectivity index (χ1) is 11.1. The quantitative estimate of drug-likeness (QED) is 0.914. The zero-order valence-electron chi connectivity index (χ0n) is 13.0. The molecule has 0 aromatic heterocycles. The third kappa shape index (κ3) is 3.85. The average molecular weight is 330 g/mol. The zero-order valence-corrected chi connectivity index (χ0v) is 13.8. The summed E-state index contributed by atoms with van der Waals surface area (Å²) in [6.45, 7) is 0.546. The first-order valence-corrected chi connectivity index (χ1v) is 8.60. The smallest absolute Gasteiger partial charge is 0.317 e. The fourth-order valence-electron chi connectivity index (χ4n) is 2.70. The van der Waals surface area contributed by atoms with Gasteiger partial charge in [-0.05, 0) is 35.7 Å². The van der Waals surface area contributed by atoms with Gasteiger partial charge >= 0.3 is 6.03 Å². The molecular formula is C18H19FN2OS. The van der Waals surface area contributed by atoms with E-state index in [0.717, 1.165) is 28.2 Å². The van der Waals surface area contributed by atoms with E-state index in [4.69, 9.17) is 0 Å². The van der Waals surface area contributed by atoms with E-state index >= 15 is 0 Å². The van der Waals surface area contributed by atoms with E-state index in [9.17, 15) is 9.18 Å². The summed E-state index contributed by atoms with van der Waals surface area (Å²) < 4.78 is 13.5. The predicted molar refractivity (Wildman–Crippen MR) is 90.9 cm³/mol. The molecule has 2 amide bonds. The van der Waals surface area contributed by atoms with E-state index in [1.807, 2.05) is 30.3 Å². The number of carbonyl (C=O) groups is 1. The van der Waals surface area contributed by atoms with Gasteiger partial charge in [-0.2, -0.15) is 0 Å². The van der Waals surface area contributed by atoms with Crippen LogP contribution in [0.15, 0.2) is 53.4 Å². The van der Waals surface area contributed by atoms with Gasteiger partial charge in [0, 0.05) is 24.2 Å². The molecule has 1 atom stereocenters. The van der Waals surface area contributed by atoms with Crippen LogP contribution in [0.4, 0.5) is 9.18 Å². The summed E-state index contributed by atoms with van der Waals surface area (Å²) in [6.07, 6.45) is 0.812. The van der Waals surface area contributed by atoms with Crippen LogP contribution in [0.1, 0.15) is 23.6 Å². The number of hydrogen-bond acceptors (Lipinski definition) is 2. The number of fused-ring (bicyclic) bond motifs is 1. The Morgan fingerprint density at radius 1 is 1.30 bits per heavy atom. The number of carbonyl (C=O) groups excluding carboxylic acids is 1. The molecule has 1 unspecified atom stereocenters. The van der Waals surface area contributed by atoms with Gasteiger partial charge < -0.3 is 10.2 Å². The standard InChI is InChI=1S/C18H19FN2OS/c1-21(12-13-5-3-2-4-6-13)18(22)20-16-9-10-23-17-8-7-14(19)11-15(16)17/h2-8,11,16H,9-10,12H2,1H3,(H,20,22). The van der Waals surface area contributed by atoms with Crippen LogP contribution in [0.25, 0.3) is 0 Å². The molecule has 2 aromatic rings. The summed E-state index contributed by atoms with van der Waals surface area (Å²) in [6, 6.07) is 14.4. The maximum Gasteiger partial charge on any atom is 0.317 e. The summed E-state index contributed by atoms with van der Waals surface area (Å²) in [4.78, 5) is 15.1. The molecule has 1 N–H and O–H groups in total. The number of nitrogens with one attached hydrogen (secondary N) is 1. The molecular weight excluding hydrogens is 311 g/mol. The van der Waals surface area contributed by atoms with Crippen molar-refractivity contribution < 1.29 is 9.18 Å². The highest BCUT2D eigenvalue weighted by atomic mass is 32.2. The highest BCUT2D eigenvalue weighted by molar-refractivity contribution is 7.99. The maximum absolute atomic E-state index is 13.5. The lowest BCUT2D eigenvalue weighted by molar-refractivity contribution is 0.202. The first-order valence-electron chi connectivity index (χ1n) is 7.61. The highest BCUT2D eigenvalue weighted by Gasteiger charge is 2.24. The van der Waals surface area contributed by atoms with E-state index in [2.05, 4.69) is 5.32 Å². The van der Waals surface area contributed by atoms with Gasteiger partial charge in [0.15, 0.2) is 0 Å². The second-order valence-electron chi connectivity index (χ2n) is 5.66. The number of thioether (sulfide) groups is 1. The Kier molecular flexibility index (Phi) is 4.86. The summed E-state index contributed by atoms with van der Waals surface area (Å²) in [7, 11) is 1.77. The molecule has 1 aliphatic heterocycles. The van der Waals surface area contributed by atoms with Crippen molar-refractivity contribution in [3.05, 3.63) is 65.5 Å². The third-order valence-electron chi connectivity index (χ3n) is 3.92. The summed E-state index contributed by atoms with van der Waals surface area (Å²) >= 11 is 1.71. The van der Waals surface area contributed by atoms with Gasteiger partial charge in [-0.15, -0.1) is 11.8 Å². The van der Waals surface area contributed by atoms with E-state index in [1.54, 1.807) is 29.8 Å². The van der Waals surface area contributed by atoms with Crippen LogP contribution < -0.4 is 5.32 Å². The monoisotopic (exact) mass is 330 g/mol. The van der Waals surface area contributed by atoms with Crippen molar-refractivity contribution >= 4 is 17.8 Å².